The fourth-order valence-electron chi connectivity index (χ4n) is 4.11. The molecule has 0 fully saturated rings. The molecule has 2 aromatic heterocycles. The Morgan fingerprint density at radius 1 is 0.895 bits per heavy atom. The first-order chi connectivity index (χ1) is 18.4. The molecule has 0 aliphatic carbocycles. The van der Waals surface area contributed by atoms with E-state index in [2.05, 4.69) is 10.4 Å². The Balaban J connectivity index is 1.46. The van der Waals surface area contributed by atoms with Crippen molar-refractivity contribution in [3.63, 3.8) is 0 Å². The SMILES string of the molecule is COc1ccc(CCNC(=O)c2cc(-c3ccc(F)cc3)nc3cc(-c4ccc(Cl)cc4)nn23)cc1OC. The van der Waals surface area contributed by atoms with E-state index >= 15 is 0 Å². The molecule has 0 aliphatic rings. The Kier molecular flexibility index (Phi) is 7.24. The number of nitrogens with one attached hydrogen (secondary N) is 1. The lowest BCUT2D eigenvalue weighted by Gasteiger charge is -2.11. The van der Waals surface area contributed by atoms with Crippen LogP contribution >= 0.6 is 11.6 Å². The third-order valence-corrected chi connectivity index (χ3v) is 6.34. The van der Waals surface area contributed by atoms with Gasteiger partial charge in [-0.3, -0.25) is 4.79 Å². The van der Waals surface area contributed by atoms with E-state index in [1.54, 1.807) is 50.6 Å². The monoisotopic (exact) mass is 530 g/mol. The van der Waals surface area contributed by atoms with Crippen LogP contribution in [0.1, 0.15) is 16.1 Å². The number of methoxy groups -OCH3 is 2. The van der Waals surface area contributed by atoms with Crippen molar-refractivity contribution in [2.45, 2.75) is 6.42 Å². The predicted molar refractivity (Wildman–Crippen MR) is 144 cm³/mol. The molecule has 1 amide bonds. The number of fused-ring (bicyclic) bond motifs is 1. The van der Waals surface area contributed by atoms with E-state index in [1.165, 1.54) is 16.6 Å². The minimum absolute atomic E-state index is 0.307. The molecule has 5 aromatic rings. The highest BCUT2D eigenvalue weighted by atomic mass is 35.5. The number of hydrogen-bond donors (Lipinski definition) is 1. The highest BCUT2D eigenvalue weighted by molar-refractivity contribution is 6.30. The second-order valence-corrected chi connectivity index (χ2v) is 8.97. The lowest BCUT2D eigenvalue weighted by Crippen LogP contribution is -2.28. The van der Waals surface area contributed by atoms with Crippen molar-refractivity contribution < 1.29 is 18.7 Å². The maximum atomic E-state index is 13.5. The summed E-state index contributed by atoms with van der Waals surface area (Å²) in [6.07, 6.45) is 0.584. The van der Waals surface area contributed by atoms with Gasteiger partial charge in [0.2, 0.25) is 0 Å². The first-order valence-corrected chi connectivity index (χ1v) is 12.2. The molecule has 38 heavy (non-hydrogen) atoms. The number of carbonyl (C=O) groups is 1. The van der Waals surface area contributed by atoms with Gasteiger partial charge in [-0.2, -0.15) is 5.10 Å². The van der Waals surface area contributed by atoms with Crippen LogP contribution in [-0.4, -0.2) is 41.3 Å². The third kappa shape index (κ3) is 5.31. The first-order valence-electron chi connectivity index (χ1n) is 11.9. The molecule has 7 nitrogen and oxygen atoms in total. The van der Waals surface area contributed by atoms with Gasteiger partial charge in [0.25, 0.3) is 5.91 Å². The van der Waals surface area contributed by atoms with E-state index in [-0.39, 0.29) is 11.7 Å². The van der Waals surface area contributed by atoms with Gasteiger partial charge in [-0.15, -0.1) is 0 Å². The van der Waals surface area contributed by atoms with Crippen LogP contribution in [0.5, 0.6) is 11.5 Å². The van der Waals surface area contributed by atoms with Crippen molar-refractivity contribution in [1.29, 1.82) is 0 Å². The zero-order valence-electron chi connectivity index (χ0n) is 20.7. The number of nitrogens with zero attached hydrogens (tertiary/aromatic N) is 3. The Bertz CT molecular complexity index is 1600. The number of benzene rings is 3. The summed E-state index contributed by atoms with van der Waals surface area (Å²) >= 11 is 6.04. The molecule has 1 N–H and O–H groups in total. The molecule has 0 aliphatic heterocycles. The van der Waals surface area contributed by atoms with Crippen molar-refractivity contribution in [2.24, 2.45) is 0 Å². The van der Waals surface area contributed by atoms with Gasteiger partial charge in [0.1, 0.15) is 11.5 Å². The molecule has 2 heterocycles. The van der Waals surface area contributed by atoms with Gasteiger partial charge in [0.15, 0.2) is 17.1 Å². The van der Waals surface area contributed by atoms with Gasteiger partial charge < -0.3 is 14.8 Å². The normalized spacial score (nSPS) is 10.9. The van der Waals surface area contributed by atoms with E-state index < -0.39 is 0 Å². The molecule has 0 bridgehead atoms. The summed E-state index contributed by atoms with van der Waals surface area (Å²) in [4.78, 5) is 18.1. The molecule has 0 radical (unpaired) electrons. The molecular formula is C29H24ClFN4O3. The number of aromatic nitrogens is 3. The summed E-state index contributed by atoms with van der Waals surface area (Å²) in [5, 5.41) is 8.24. The van der Waals surface area contributed by atoms with Crippen LogP contribution in [0.4, 0.5) is 4.39 Å². The summed E-state index contributed by atoms with van der Waals surface area (Å²) in [6, 6.07) is 22.3. The maximum absolute atomic E-state index is 13.5. The van der Waals surface area contributed by atoms with Gasteiger partial charge in [0.05, 0.1) is 25.6 Å². The summed E-state index contributed by atoms with van der Waals surface area (Å²) in [5.41, 5.74) is 4.48. The number of hydrogen-bond acceptors (Lipinski definition) is 5. The van der Waals surface area contributed by atoms with Crippen LogP contribution in [0.2, 0.25) is 5.02 Å². The zero-order valence-corrected chi connectivity index (χ0v) is 21.5. The average Bonchev–Trinajstić information content (AvgIpc) is 3.37. The largest absolute Gasteiger partial charge is 0.493 e. The second kappa shape index (κ2) is 10.9. The zero-order chi connectivity index (χ0) is 26.6. The van der Waals surface area contributed by atoms with Crippen molar-refractivity contribution >= 4 is 23.2 Å². The summed E-state index contributed by atoms with van der Waals surface area (Å²) < 4.78 is 25.7. The van der Waals surface area contributed by atoms with E-state index in [9.17, 15) is 9.18 Å². The highest BCUT2D eigenvalue weighted by Gasteiger charge is 2.17. The molecule has 3 aromatic carbocycles. The first kappa shape index (κ1) is 25.2. The minimum atomic E-state index is -0.350. The molecule has 192 valence electrons. The van der Waals surface area contributed by atoms with Gasteiger partial charge in [0, 0.05) is 28.8 Å². The lowest BCUT2D eigenvalue weighted by atomic mass is 10.1. The molecular weight excluding hydrogens is 507 g/mol. The summed E-state index contributed by atoms with van der Waals surface area (Å²) in [7, 11) is 3.17. The van der Waals surface area contributed by atoms with Crippen LogP contribution in [-0.2, 0) is 6.42 Å². The number of halogens is 2. The molecule has 0 saturated heterocycles. The maximum Gasteiger partial charge on any atom is 0.270 e. The fraction of sp³-hybridized carbons (Fsp3) is 0.138. The second-order valence-electron chi connectivity index (χ2n) is 8.54. The summed E-state index contributed by atoms with van der Waals surface area (Å²) in [6.45, 7) is 0.384. The van der Waals surface area contributed by atoms with E-state index in [0.717, 1.165) is 11.1 Å². The molecule has 0 spiro atoms. The smallest absolute Gasteiger partial charge is 0.270 e. The fourth-order valence-corrected chi connectivity index (χ4v) is 4.24. The molecule has 5 rings (SSSR count). The van der Waals surface area contributed by atoms with Crippen LogP contribution in [0.25, 0.3) is 28.2 Å². The van der Waals surface area contributed by atoms with Crippen molar-refractivity contribution in [1.82, 2.24) is 19.9 Å². The average molecular weight is 531 g/mol. The van der Waals surface area contributed by atoms with Crippen molar-refractivity contribution in [3.8, 4) is 34.0 Å². The minimum Gasteiger partial charge on any atom is -0.493 e. The number of rotatable bonds is 8. The molecule has 0 saturated carbocycles. The van der Waals surface area contributed by atoms with Gasteiger partial charge in [-0.25, -0.2) is 13.9 Å². The van der Waals surface area contributed by atoms with E-state index in [0.29, 0.717) is 57.8 Å². The van der Waals surface area contributed by atoms with Crippen molar-refractivity contribution in [2.75, 3.05) is 20.8 Å². The Morgan fingerprint density at radius 3 is 2.29 bits per heavy atom. The number of ether oxygens (including phenoxy) is 2. The lowest BCUT2D eigenvalue weighted by molar-refractivity contribution is 0.0946. The van der Waals surface area contributed by atoms with Gasteiger partial charge in [-0.05, 0) is 66.6 Å². The Hall–Kier alpha value is -4.43. The van der Waals surface area contributed by atoms with Crippen molar-refractivity contribution in [3.05, 3.63) is 101 Å². The Labute approximate surface area is 223 Å². The molecule has 0 atom stereocenters. The molecule has 0 unspecified atom stereocenters. The van der Waals surface area contributed by atoms with Crippen LogP contribution < -0.4 is 14.8 Å². The van der Waals surface area contributed by atoms with Crippen LogP contribution in [0.3, 0.4) is 0 Å². The summed E-state index contributed by atoms with van der Waals surface area (Å²) in [5.74, 6) is 0.606. The topological polar surface area (TPSA) is 77.8 Å². The Morgan fingerprint density at radius 2 is 1.58 bits per heavy atom. The van der Waals surface area contributed by atoms with E-state index in [4.69, 9.17) is 26.1 Å². The standard InChI is InChI=1S/C29H24ClFN4O3/c1-37-26-12-3-18(15-27(26)38-2)13-14-32-29(36)25-16-23(19-6-10-22(31)11-7-19)33-28-17-24(34-35(25)28)20-4-8-21(30)9-5-20/h3-12,15-17H,13-14H2,1-2H3,(H,32,36). The number of carbonyl (C=O) groups excluding carboxylic acids is 1. The van der Waals surface area contributed by atoms with Crippen LogP contribution in [0, 0.1) is 5.82 Å². The quantitative estimate of drug-likeness (QED) is 0.272. The van der Waals surface area contributed by atoms with E-state index in [1.807, 2.05) is 30.3 Å². The predicted octanol–water partition coefficient (Wildman–Crippen LogP) is 5.85. The van der Waals surface area contributed by atoms with Crippen LogP contribution in [0.15, 0.2) is 78.9 Å². The third-order valence-electron chi connectivity index (χ3n) is 6.09. The van der Waals surface area contributed by atoms with Gasteiger partial charge in [-0.1, -0.05) is 29.8 Å². The van der Waals surface area contributed by atoms with Gasteiger partial charge >= 0.3 is 0 Å². The number of amides is 1. The molecule has 9 heteroatoms. The highest BCUT2D eigenvalue weighted by Crippen LogP contribution is 2.28.